The van der Waals surface area contributed by atoms with Crippen molar-refractivity contribution < 1.29 is 0 Å². The van der Waals surface area contributed by atoms with Gasteiger partial charge in [0.25, 0.3) is 0 Å². The normalized spacial score (nSPS) is 10.5. The van der Waals surface area contributed by atoms with Crippen molar-refractivity contribution in [1.29, 1.82) is 0 Å². The van der Waals surface area contributed by atoms with Gasteiger partial charge in [0.15, 0.2) is 10.3 Å². The van der Waals surface area contributed by atoms with E-state index >= 15 is 0 Å². The summed E-state index contributed by atoms with van der Waals surface area (Å²) >= 11 is 16.6. The monoisotopic (exact) mass is 308 g/mol. The van der Waals surface area contributed by atoms with E-state index in [1.54, 1.807) is 17.4 Å². The minimum absolute atomic E-state index is 0.338. The SMILES string of the molecule is Clc1cc(-c2sccc2Br)c(Cl)nn1. The number of hydrogen-bond acceptors (Lipinski definition) is 3. The Kier molecular flexibility index (Phi) is 3.07. The summed E-state index contributed by atoms with van der Waals surface area (Å²) in [5, 5.41) is 10.1. The molecule has 0 bridgehead atoms. The van der Waals surface area contributed by atoms with Gasteiger partial charge in [-0.05, 0) is 33.4 Å². The Morgan fingerprint density at radius 1 is 1.29 bits per heavy atom. The first-order chi connectivity index (χ1) is 6.68. The summed E-state index contributed by atoms with van der Waals surface area (Å²) in [4.78, 5) is 1.01. The molecule has 2 nitrogen and oxygen atoms in total. The Labute approximate surface area is 103 Å². The van der Waals surface area contributed by atoms with Crippen LogP contribution in [0.15, 0.2) is 22.0 Å². The van der Waals surface area contributed by atoms with Crippen LogP contribution in [0.4, 0.5) is 0 Å². The van der Waals surface area contributed by atoms with E-state index in [1.807, 2.05) is 11.4 Å². The fourth-order valence-corrected chi connectivity index (χ4v) is 2.99. The Morgan fingerprint density at radius 2 is 2.07 bits per heavy atom. The van der Waals surface area contributed by atoms with Crippen molar-refractivity contribution in [3.63, 3.8) is 0 Å². The van der Waals surface area contributed by atoms with Gasteiger partial charge in [-0.15, -0.1) is 21.5 Å². The molecule has 6 heteroatoms. The molecule has 0 aromatic carbocycles. The highest BCUT2D eigenvalue weighted by Crippen LogP contribution is 2.37. The van der Waals surface area contributed by atoms with Crippen molar-refractivity contribution in [3.05, 3.63) is 32.3 Å². The van der Waals surface area contributed by atoms with E-state index in [0.717, 1.165) is 14.9 Å². The Morgan fingerprint density at radius 3 is 2.71 bits per heavy atom. The second kappa shape index (κ2) is 4.14. The van der Waals surface area contributed by atoms with Crippen LogP contribution in [-0.2, 0) is 0 Å². The van der Waals surface area contributed by atoms with Crippen LogP contribution >= 0.6 is 50.5 Å². The summed E-state index contributed by atoms with van der Waals surface area (Å²) in [7, 11) is 0. The van der Waals surface area contributed by atoms with Crippen molar-refractivity contribution in [1.82, 2.24) is 10.2 Å². The van der Waals surface area contributed by atoms with Gasteiger partial charge in [0.1, 0.15) is 0 Å². The molecule has 2 heterocycles. The van der Waals surface area contributed by atoms with Gasteiger partial charge in [0.2, 0.25) is 0 Å². The first-order valence-corrected chi connectivity index (χ1v) is 6.03. The second-order valence-electron chi connectivity index (χ2n) is 2.47. The van der Waals surface area contributed by atoms with Crippen molar-refractivity contribution in [2.75, 3.05) is 0 Å². The average Bonchev–Trinajstić information content (AvgIpc) is 2.56. The summed E-state index contributed by atoms with van der Waals surface area (Å²) in [5.41, 5.74) is 0.800. The lowest BCUT2D eigenvalue weighted by molar-refractivity contribution is 1.03. The van der Waals surface area contributed by atoms with Gasteiger partial charge in [0, 0.05) is 10.0 Å². The Hall–Kier alpha value is -0.160. The lowest BCUT2D eigenvalue weighted by atomic mass is 10.2. The smallest absolute Gasteiger partial charge is 0.142 e. The second-order valence-corrected chi connectivity index (χ2v) is 4.98. The van der Waals surface area contributed by atoms with E-state index in [-0.39, 0.29) is 0 Å². The largest absolute Gasteiger partial charge is 0.160 e. The average molecular weight is 310 g/mol. The van der Waals surface area contributed by atoms with Gasteiger partial charge in [-0.1, -0.05) is 23.2 Å². The minimum Gasteiger partial charge on any atom is -0.142 e. The fraction of sp³-hybridized carbons (Fsp3) is 0. The number of halogens is 3. The fourth-order valence-electron chi connectivity index (χ4n) is 0.998. The molecule has 0 saturated heterocycles. The summed E-state index contributed by atoms with van der Waals surface area (Å²) in [6.45, 7) is 0. The topological polar surface area (TPSA) is 25.8 Å². The van der Waals surface area contributed by atoms with Crippen LogP contribution in [0.25, 0.3) is 10.4 Å². The summed E-state index contributed by atoms with van der Waals surface area (Å²) in [5.74, 6) is 0. The highest BCUT2D eigenvalue weighted by atomic mass is 79.9. The van der Waals surface area contributed by atoms with Crippen molar-refractivity contribution in [2.24, 2.45) is 0 Å². The molecule has 0 aliphatic carbocycles. The zero-order valence-corrected chi connectivity index (χ0v) is 10.6. The van der Waals surface area contributed by atoms with Crippen molar-refractivity contribution in [2.45, 2.75) is 0 Å². The van der Waals surface area contributed by atoms with E-state index in [1.165, 1.54) is 0 Å². The minimum atomic E-state index is 0.338. The van der Waals surface area contributed by atoms with Gasteiger partial charge >= 0.3 is 0 Å². The Balaban J connectivity index is 2.62. The molecular formula is C8H3BrCl2N2S. The number of aromatic nitrogens is 2. The zero-order valence-electron chi connectivity index (χ0n) is 6.67. The van der Waals surface area contributed by atoms with E-state index in [4.69, 9.17) is 23.2 Å². The maximum absolute atomic E-state index is 5.91. The maximum Gasteiger partial charge on any atom is 0.160 e. The van der Waals surface area contributed by atoms with Crippen LogP contribution in [-0.4, -0.2) is 10.2 Å². The molecule has 0 aliphatic heterocycles. The molecule has 2 aromatic heterocycles. The molecule has 0 unspecified atom stereocenters. The summed E-state index contributed by atoms with van der Waals surface area (Å²) in [6.07, 6.45) is 0. The van der Waals surface area contributed by atoms with Gasteiger partial charge in [-0.3, -0.25) is 0 Å². The Bertz CT molecular complexity index is 472. The zero-order chi connectivity index (χ0) is 10.1. The van der Waals surface area contributed by atoms with Gasteiger partial charge in [0.05, 0.1) is 4.88 Å². The first kappa shape index (κ1) is 10.4. The molecule has 0 atom stereocenters. The molecule has 0 radical (unpaired) electrons. The molecular weight excluding hydrogens is 307 g/mol. The third-order valence-corrected chi connectivity index (χ3v) is 3.92. The van der Waals surface area contributed by atoms with Crippen LogP contribution in [0.1, 0.15) is 0 Å². The standard InChI is InChI=1S/C8H3BrCl2N2S/c9-5-1-2-14-7(5)4-3-6(10)12-13-8(4)11/h1-3H. The predicted molar refractivity (Wildman–Crippen MR) is 63.1 cm³/mol. The lowest BCUT2D eigenvalue weighted by Gasteiger charge is -2.00. The molecule has 0 fully saturated rings. The third kappa shape index (κ3) is 1.93. The van der Waals surface area contributed by atoms with E-state index in [0.29, 0.717) is 10.3 Å². The molecule has 0 aliphatic rings. The van der Waals surface area contributed by atoms with E-state index in [2.05, 4.69) is 26.1 Å². The maximum atomic E-state index is 5.91. The molecule has 0 saturated carbocycles. The lowest BCUT2D eigenvalue weighted by Crippen LogP contribution is -1.86. The summed E-state index contributed by atoms with van der Waals surface area (Å²) < 4.78 is 0.980. The highest BCUT2D eigenvalue weighted by Gasteiger charge is 2.11. The highest BCUT2D eigenvalue weighted by molar-refractivity contribution is 9.10. The van der Waals surface area contributed by atoms with Gasteiger partial charge < -0.3 is 0 Å². The van der Waals surface area contributed by atoms with Crippen LogP contribution in [0.5, 0.6) is 0 Å². The van der Waals surface area contributed by atoms with Gasteiger partial charge in [-0.25, -0.2) is 0 Å². The molecule has 0 amide bonds. The molecule has 2 aromatic rings. The van der Waals surface area contributed by atoms with Crippen LogP contribution in [0.3, 0.4) is 0 Å². The molecule has 0 N–H and O–H groups in total. The number of hydrogen-bond donors (Lipinski definition) is 0. The van der Waals surface area contributed by atoms with Crippen LogP contribution in [0.2, 0.25) is 10.3 Å². The number of rotatable bonds is 1. The molecule has 14 heavy (non-hydrogen) atoms. The van der Waals surface area contributed by atoms with Crippen LogP contribution < -0.4 is 0 Å². The number of nitrogens with zero attached hydrogens (tertiary/aromatic N) is 2. The number of thiophene rings is 1. The van der Waals surface area contributed by atoms with E-state index in [9.17, 15) is 0 Å². The molecule has 0 spiro atoms. The first-order valence-electron chi connectivity index (χ1n) is 3.60. The van der Waals surface area contributed by atoms with E-state index < -0.39 is 0 Å². The van der Waals surface area contributed by atoms with Crippen molar-refractivity contribution in [3.8, 4) is 10.4 Å². The van der Waals surface area contributed by atoms with Crippen molar-refractivity contribution >= 4 is 50.5 Å². The third-order valence-electron chi connectivity index (χ3n) is 1.58. The summed E-state index contributed by atoms with van der Waals surface area (Å²) in [6, 6.07) is 3.65. The quantitative estimate of drug-likeness (QED) is 0.786. The molecule has 2 rings (SSSR count). The predicted octanol–water partition coefficient (Wildman–Crippen LogP) is 4.27. The molecule has 72 valence electrons. The van der Waals surface area contributed by atoms with Crippen LogP contribution in [0, 0.1) is 0 Å². The van der Waals surface area contributed by atoms with Gasteiger partial charge in [-0.2, -0.15) is 0 Å².